The topological polar surface area (TPSA) is 53.4 Å². The number of aromatic nitrogens is 2. The molecule has 1 aromatic heterocycles. The van der Waals surface area contributed by atoms with Gasteiger partial charge in [0.2, 0.25) is 0 Å². The summed E-state index contributed by atoms with van der Waals surface area (Å²) >= 11 is 12.5. The van der Waals surface area contributed by atoms with Crippen LogP contribution >= 0.6 is 72.8 Å². The lowest BCUT2D eigenvalue weighted by Crippen LogP contribution is -2.47. The van der Waals surface area contributed by atoms with Crippen molar-refractivity contribution in [3.05, 3.63) is 45.5 Å². The maximum atomic E-state index is 12.5. The van der Waals surface area contributed by atoms with Gasteiger partial charge in [-0.15, -0.1) is 49.6 Å². The number of piperazine rings is 1. The first-order valence-corrected chi connectivity index (χ1v) is 11.4. The van der Waals surface area contributed by atoms with Gasteiger partial charge in [0.15, 0.2) is 0 Å². The molecule has 0 radical (unpaired) electrons. The minimum absolute atomic E-state index is 0. The van der Waals surface area contributed by atoms with Crippen LogP contribution in [0, 0.1) is 13.8 Å². The number of hydrogen-bond acceptors (Lipinski definition) is 4. The third-order valence-electron chi connectivity index (χ3n) is 5.65. The van der Waals surface area contributed by atoms with E-state index < -0.39 is 0 Å². The van der Waals surface area contributed by atoms with Crippen LogP contribution in [0.15, 0.2) is 18.2 Å². The standard InChI is InChI=1S/C22H31Cl2N5O.4ClH/c1-4-10-29-16(2)21(26-17(29)3)22(30)25-9-6-11-27-12-14-28(15-13-27)19-8-5-7-18(23)20(19)24;;;;/h5,7-8H,4,6,9-15H2,1-3H3,(H,25,30);4*1H. The van der Waals surface area contributed by atoms with Gasteiger partial charge in [-0.2, -0.15) is 0 Å². The zero-order valence-corrected chi connectivity index (χ0v) is 24.5. The van der Waals surface area contributed by atoms with Crippen LogP contribution in [0.3, 0.4) is 0 Å². The number of nitrogens with zero attached hydrogens (tertiary/aromatic N) is 4. The highest BCUT2D eigenvalue weighted by Gasteiger charge is 2.20. The fraction of sp³-hybridized carbons (Fsp3) is 0.545. The summed E-state index contributed by atoms with van der Waals surface area (Å²) in [4.78, 5) is 21.7. The van der Waals surface area contributed by atoms with E-state index in [0.717, 1.165) is 69.3 Å². The fourth-order valence-corrected chi connectivity index (χ4v) is 4.39. The predicted molar refractivity (Wildman–Crippen MR) is 153 cm³/mol. The highest BCUT2D eigenvalue weighted by molar-refractivity contribution is 6.43. The number of carbonyl (C=O) groups excluding carboxylic acids is 1. The highest BCUT2D eigenvalue weighted by Crippen LogP contribution is 2.32. The Kier molecular flexibility index (Phi) is 17.7. The molecular weight excluding hydrogens is 563 g/mol. The molecule has 34 heavy (non-hydrogen) atoms. The van der Waals surface area contributed by atoms with Crippen LogP contribution < -0.4 is 10.2 Å². The van der Waals surface area contributed by atoms with Crippen LogP contribution in [0.1, 0.15) is 41.8 Å². The summed E-state index contributed by atoms with van der Waals surface area (Å²) in [5.41, 5.74) is 2.50. The van der Waals surface area contributed by atoms with Gasteiger partial charge in [-0.3, -0.25) is 9.69 Å². The number of nitrogens with one attached hydrogen (secondary N) is 1. The molecule has 0 aliphatic carbocycles. The van der Waals surface area contributed by atoms with Gasteiger partial charge in [0, 0.05) is 45.0 Å². The third-order valence-corrected chi connectivity index (χ3v) is 6.46. The SMILES string of the molecule is CCCn1c(C)nc(C(=O)NCCCN2CCN(c3cccc(Cl)c3Cl)CC2)c1C.Cl.Cl.Cl.Cl. The lowest BCUT2D eigenvalue weighted by atomic mass is 10.2. The van der Waals surface area contributed by atoms with Crippen molar-refractivity contribution in [1.82, 2.24) is 19.8 Å². The predicted octanol–water partition coefficient (Wildman–Crippen LogP) is 5.85. The van der Waals surface area contributed by atoms with Crippen molar-refractivity contribution < 1.29 is 4.79 Å². The van der Waals surface area contributed by atoms with E-state index in [1.165, 1.54) is 0 Å². The van der Waals surface area contributed by atoms with Gasteiger partial charge in [0.25, 0.3) is 5.91 Å². The molecule has 1 N–H and O–H groups in total. The molecule has 0 spiro atoms. The quantitative estimate of drug-likeness (QED) is 0.388. The fourth-order valence-electron chi connectivity index (χ4n) is 3.98. The lowest BCUT2D eigenvalue weighted by Gasteiger charge is -2.36. The summed E-state index contributed by atoms with van der Waals surface area (Å²) in [6.45, 7) is 12.3. The Morgan fingerprint density at radius 2 is 1.68 bits per heavy atom. The largest absolute Gasteiger partial charge is 0.368 e. The molecule has 0 bridgehead atoms. The number of carbonyl (C=O) groups is 1. The van der Waals surface area contributed by atoms with Gasteiger partial charge in [-0.05, 0) is 45.4 Å². The number of benzene rings is 1. The number of imidazole rings is 1. The first-order valence-electron chi connectivity index (χ1n) is 10.7. The first kappa shape index (κ1) is 35.6. The first-order chi connectivity index (χ1) is 14.4. The van der Waals surface area contributed by atoms with E-state index in [2.05, 4.69) is 31.6 Å². The van der Waals surface area contributed by atoms with Crippen molar-refractivity contribution in [1.29, 1.82) is 0 Å². The van der Waals surface area contributed by atoms with Crippen molar-refractivity contribution in [2.24, 2.45) is 0 Å². The van der Waals surface area contributed by atoms with Crippen LogP contribution in [-0.2, 0) is 6.54 Å². The third kappa shape index (κ3) is 8.81. The summed E-state index contributed by atoms with van der Waals surface area (Å²) in [6, 6.07) is 5.77. The molecule has 6 nitrogen and oxygen atoms in total. The summed E-state index contributed by atoms with van der Waals surface area (Å²) in [5, 5.41) is 4.25. The Hall–Kier alpha value is -0.600. The summed E-state index contributed by atoms with van der Waals surface area (Å²) in [6.07, 6.45) is 1.94. The molecule has 2 heterocycles. The Labute approximate surface area is 237 Å². The summed E-state index contributed by atoms with van der Waals surface area (Å²) in [7, 11) is 0. The van der Waals surface area contributed by atoms with Crippen molar-refractivity contribution in [3.8, 4) is 0 Å². The molecule has 1 aliphatic rings. The molecule has 1 amide bonds. The maximum absolute atomic E-state index is 12.5. The van der Waals surface area contributed by atoms with Gasteiger partial charge < -0.3 is 14.8 Å². The summed E-state index contributed by atoms with van der Waals surface area (Å²) in [5.74, 6) is 0.822. The van der Waals surface area contributed by atoms with Crippen molar-refractivity contribution >= 4 is 84.4 Å². The zero-order valence-electron chi connectivity index (χ0n) is 19.7. The Morgan fingerprint density at radius 1 is 1.03 bits per heavy atom. The molecule has 1 aromatic carbocycles. The van der Waals surface area contributed by atoms with E-state index in [1.54, 1.807) is 0 Å². The second kappa shape index (κ2) is 17.0. The van der Waals surface area contributed by atoms with Crippen LogP contribution in [0.5, 0.6) is 0 Å². The number of hydrogen-bond donors (Lipinski definition) is 1. The van der Waals surface area contributed by atoms with E-state index in [1.807, 2.05) is 32.0 Å². The number of amides is 1. The molecule has 1 saturated heterocycles. The summed E-state index contributed by atoms with van der Waals surface area (Å²) < 4.78 is 2.11. The highest BCUT2D eigenvalue weighted by atomic mass is 35.5. The van der Waals surface area contributed by atoms with Gasteiger partial charge in [-0.25, -0.2) is 4.98 Å². The number of rotatable bonds is 8. The minimum atomic E-state index is -0.0779. The van der Waals surface area contributed by atoms with Gasteiger partial charge in [0.1, 0.15) is 11.5 Å². The Morgan fingerprint density at radius 3 is 2.29 bits per heavy atom. The Balaban J connectivity index is 0. The van der Waals surface area contributed by atoms with Crippen molar-refractivity contribution in [2.45, 2.75) is 40.2 Å². The normalized spacial score (nSPS) is 13.1. The molecule has 0 saturated carbocycles. The average molecular weight is 598 g/mol. The minimum Gasteiger partial charge on any atom is -0.368 e. The van der Waals surface area contributed by atoms with Crippen LogP contribution in [0.2, 0.25) is 10.0 Å². The molecule has 3 rings (SSSR count). The molecule has 12 heteroatoms. The average Bonchev–Trinajstić information content (AvgIpc) is 3.02. The molecule has 0 unspecified atom stereocenters. The number of anilines is 1. The molecular formula is C22H35Cl6N5O. The van der Waals surface area contributed by atoms with E-state index in [4.69, 9.17) is 23.2 Å². The number of aryl methyl sites for hydroxylation is 1. The molecule has 0 atom stereocenters. The van der Waals surface area contributed by atoms with Crippen LogP contribution in [0.4, 0.5) is 5.69 Å². The Bertz CT molecular complexity index is 887. The second-order valence-electron chi connectivity index (χ2n) is 7.76. The second-order valence-corrected chi connectivity index (χ2v) is 8.54. The van der Waals surface area contributed by atoms with E-state index in [9.17, 15) is 4.79 Å². The van der Waals surface area contributed by atoms with Crippen LogP contribution in [-0.4, -0.2) is 59.6 Å². The van der Waals surface area contributed by atoms with Crippen molar-refractivity contribution in [3.63, 3.8) is 0 Å². The zero-order chi connectivity index (χ0) is 21.7. The smallest absolute Gasteiger partial charge is 0.271 e. The molecule has 1 aliphatic heterocycles. The van der Waals surface area contributed by atoms with Gasteiger partial charge in [-0.1, -0.05) is 36.2 Å². The maximum Gasteiger partial charge on any atom is 0.271 e. The number of halogens is 6. The molecule has 2 aromatic rings. The van der Waals surface area contributed by atoms with Crippen LogP contribution in [0.25, 0.3) is 0 Å². The molecule has 196 valence electrons. The monoisotopic (exact) mass is 595 g/mol. The lowest BCUT2D eigenvalue weighted by molar-refractivity contribution is 0.0946. The van der Waals surface area contributed by atoms with E-state index in [-0.39, 0.29) is 55.5 Å². The van der Waals surface area contributed by atoms with E-state index >= 15 is 0 Å². The van der Waals surface area contributed by atoms with Crippen molar-refractivity contribution in [2.75, 3.05) is 44.2 Å². The molecule has 1 fully saturated rings. The van der Waals surface area contributed by atoms with Gasteiger partial charge >= 0.3 is 0 Å². The van der Waals surface area contributed by atoms with Gasteiger partial charge in [0.05, 0.1) is 15.7 Å². The van der Waals surface area contributed by atoms with E-state index in [0.29, 0.717) is 22.3 Å².